The number of para-hydroxylation sites is 1. The van der Waals surface area contributed by atoms with Crippen LogP contribution in [0.5, 0.6) is 0 Å². The van der Waals surface area contributed by atoms with Gasteiger partial charge < -0.3 is 14.3 Å². The minimum atomic E-state index is -0.448. The van der Waals surface area contributed by atoms with Crippen molar-refractivity contribution in [3.63, 3.8) is 0 Å². The van der Waals surface area contributed by atoms with Gasteiger partial charge in [-0.15, -0.1) is 0 Å². The number of fused-ring (bicyclic) bond motifs is 3. The summed E-state index contributed by atoms with van der Waals surface area (Å²) in [5.74, 6) is 0.367. The molecule has 0 aliphatic carbocycles. The van der Waals surface area contributed by atoms with E-state index < -0.39 is 4.92 Å². The molecule has 0 saturated carbocycles. The maximum absolute atomic E-state index is 13.5. The summed E-state index contributed by atoms with van der Waals surface area (Å²) in [5, 5.41) is 15.9. The number of aromatic nitrogens is 1. The topological polar surface area (TPSA) is 90.3 Å². The van der Waals surface area contributed by atoms with E-state index in [9.17, 15) is 14.9 Å². The fourth-order valence-electron chi connectivity index (χ4n) is 4.27. The minimum Gasteiger partial charge on any atom is -0.439 e. The Bertz CT molecular complexity index is 1630. The van der Waals surface area contributed by atoms with Crippen LogP contribution >= 0.6 is 0 Å². The van der Waals surface area contributed by atoms with Crippen LogP contribution in [0.15, 0.2) is 75.9 Å². The lowest BCUT2D eigenvalue weighted by molar-refractivity contribution is -0.384. The third-order valence-corrected chi connectivity index (χ3v) is 5.91. The van der Waals surface area contributed by atoms with E-state index in [1.54, 1.807) is 23.7 Å². The van der Waals surface area contributed by atoms with Gasteiger partial charge in [-0.05, 0) is 43.2 Å². The predicted molar refractivity (Wildman–Crippen MR) is 130 cm³/mol. The second kappa shape index (κ2) is 7.63. The standard InChI is InChI=1S/C26H21N3O4/c1-15-11-12-20(16(2)13-15)27-25-22(17-7-6-8-18(14-17)29(31)32)23-24(33-25)19-9-4-5-10-21(19)28(3)26(23)30/h4-14,27H,1-3H3. The molecular weight excluding hydrogens is 418 g/mol. The number of hydrogen-bond donors (Lipinski definition) is 1. The molecule has 0 saturated heterocycles. The number of benzene rings is 3. The molecule has 164 valence electrons. The highest BCUT2D eigenvalue weighted by molar-refractivity contribution is 6.11. The van der Waals surface area contributed by atoms with Crippen LogP contribution in [0, 0.1) is 24.0 Å². The fourth-order valence-corrected chi connectivity index (χ4v) is 4.27. The Morgan fingerprint density at radius 2 is 1.79 bits per heavy atom. The van der Waals surface area contributed by atoms with E-state index in [4.69, 9.17) is 4.42 Å². The molecule has 2 aromatic heterocycles. The molecule has 0 atom stereocenters. The Morgan fingerprint density at radius 1 is 1.00 bits per heavy atom. The molecule has 7 heteroatoms. The van der Waals surface area contributed by atoms with Gasteiger partial charge >= 0.3 is 0 Å². The van der Waals surface area contributed by atoms with Crippen molar-refractivity contribution in [1.29, 1.82) is 0 Å². The molecule has 0 aliphatic rings. The van der Waals surface area contributed by atoms with Crippen molar-refractivity contribution in [1.82, 2.24) is 4.57 Å². The first-order valence-electron chi connectivity index (χ1n) is 10.5. The zero-order valence-electron chi connectivity index (χ0n) is 18.4. The second-order valence-corrected chi connectivity index (χ2v) is 8.14. The molecule has 5 aromatic rings. The molecule has 0 aliphatic heterocycles. The number of nitro groups is 1. The number of pyridine rings is 1. The molecule has 3 aromatic carbocycles. The summed E-state index contributed by atoms with van der Waals surface area (Å²) in [6.07, 6.45) is 0. The van der Waals surface area contributed by atoms with Gasteiger partial charge in [-0.2, -0.15) is 0 Å². The van der Waals surface area contributed by atoms with E-state index in [1.165, 1.54) is 12.1 Å². The number of nitrogens with one attached hydrogen (secondary N) is 1. The molecule has 5 rings (SSSR count). The largest absolute Gasteiger partial charge is 0.439 e. The molecule has 0 amide bonds. The molecule has 7 nitrogen and oxygen atoms in total. The van der Waals surface area contributed by atoms with Gasteiger partial charge in [-0.25, -0.2) is 0 Å². The van der Waals surface area contributed by atoms with Crippen molar-refractivity contribution in [2.24, 2.45) is 7.05 Å². The average Bonchev–Trinajstić information content (AvgIpc) is 3.19. The van der Waals surface area contributed by atoms with Crippen molar-refractivity contribution in [2.75, 3.05) is 5.32 Å². The van der Waals surface area contributed by atoms with E-state index in [1.807, 2.05) is 56.3 Å². The lowest BCUT2D eigenvalue weighted by Crippen LogP contribution is -2.17. The maximum atomic E-state index is 13.5. The lowest BCUT2D eigenvalue weighted by atomic mass is 10.0. The smallest absolute Gasteiger partial charge is 0.270 e. The Labute approximate surface area is 189 Å². The van der Waals surface area contributed by atoms with Gasteiger partial charge in [0.2, 0.25) is 5.88 Å². The molecule has 0 bridgehead atoms. The third kappa shape index (κ3) is 3.34. The number of nitrogens with zero attached hydrogens (tertiary/aromatic N) is 2. The van der Waals surface area contributed by atoms with Crippen LogP contribution in [0.1, 0.15) is 11.1 Å². The first kappa shape index (κ1) is 20.5. The first-order valence-corrected chi connectivity index (χ1v) is 10.5. The molecule has 0 spiro atoms. The summed E-state index contributed by atoms with van der Waals surface area (Å²) in [6, 6.07) is 19.8. The Balaban J connectivity index is 1.87. The maximum Gasteiger partial charge on any atom is 0.270 e. The molecule has 0 radical (unpaired) electrons. The van der Waals surface area contributed by atoms with Gasteiger partial charge in [0, 0.05) is 30.3 Å². The van der Waals surface area contributed by atoms with Gasteiger partial charge in [0.05, 0.1) is 21.4 Å². The SMILES string of the molecule is Cc1ccc(Nc2oc3c(c2-c2cccc([N+](=O)[O-])c2)c(=O)n(C)c2ccccc32)c(C)c1. The summed E-state index contributed by atoms with van der Waals surface area (Å²) in [7, 11) is 1.71. The Hall–Kier alpha value is -4.39. The Morgan fingerprint density at radius 3 is 2.55 bits per heavy atom. The van der Waals surface area contributed by atoms with Crippen molar-refractivity contribution < 1.29 is 9.34 Å². The molecule has 0 unspecified atom stereocenters. The number of rotatable bonds is 4. The van der Waals surface area contributed by atoms with E-state index in [-0.39, 0.29) is 11.2 Å². The summed E-state index contributed by atoms with van der Waals surface area (Å²) < 4.78 is 7.88. The zero-order valence-corrected chi connectivity index (χ0v) is 18.4. The first-order chi connectivity index (χ1) is 15.8. The molecular formula is C26H21N3O4. The van der Waals surface area contributed by atoms with Gasteiger partial charge in [0.15, 0.2) is 5.58 Å². The van der Waals surface area contributed by atoms with Gasteiger partial charge in [-0.3, -0.25) is 14.9 Å². The monoisotopic (exact) mass is 439 g/mol. The van der Waals surface area contributed by atoms with E-state index in [0.29, 0.717) is 28.0 Å². The summed E-state index contributed by atoms with van der Waals surface area (Å²) in [6.45, 7) is 4.00. The van der Waals surface area contributed by atoms with Crippen LogP contribution in [0.2, 0.25) is 0 Å². The van der Waals surface area contributed by atoms with Gasteiger partial charge in [0.1, 0.15) is 0 Å². The Kier molecular flexibility index (Phi) is 4.74. The number of furan rings is 1. The van der Waals surface area contributed by atoms with Crippen molar-refractivity contribution in [3.05, 3.63) is 98.3 Å². The van der Waals surface area contributed by atoms with Crippen LogP contribution in [0.4, 0.5) is 17.3 Å². The van der Waals surface area contributed by atoms with Crippen molar-refractivity contribution in [2.45, 2.75) is 13.8 Å². The van der Waals surface area contributed by atoms with Crippen LogP contribution in [0.3, 0.4) is 0 Å². The summed E-state index contributed by atoms with van der Waals surface area (Å²) in [4.78, 5) is 24.5. The predicted octanol–water partition coefficient (Wildman–Crippen LogP) is 6.22. The molecule has 2 heterocycles. The van der Waals surface area contributed by atoms with E-state index in [2.05, 4.69) is 5.32 Å². The lowest BCUT2D eigenvalue weighted by Gasteiger charge is -2.10. The highest BCUT2D eigenvalue weighted by Crippen LogP contribution is 2.42. The minimum absolute atomic E-state index is 0.0584. The van der Waals surface area contributed by atoms with Gasteiger partial charge in [-0.1, -0.05) is 42.0 Å². The van der Waals surface area contributed by atoms with Crippen molar-refractivity contribution >= 4 is 39.1 Å². The number of non-ortho nitro benzene ring substituents is 1. The number of hydrogen-bond acceptors (Lipinski definition) is 5. The molecule has 33 heavy (non-hydrogen) atoms. The normalized spacial score (nSPS) is 11.2. The van der Waals surface area contributed by atoms with E-state index in [0.717, 1.165) is 27.7 Å². The van der Waals surface area contributed by atoms with Crippen molar-refractivity contribution in [3.8, 4) is 11.1 Å². The second-order valence-electron chi connectivity index (χ2n) is 8.14. The summed E-state index contributed by atoms with van der Waals surface area (Å²) >= 11 is 0. The third-order valence-electron chi connectivity index (χ3n) is 5.91. The number of aryl methyl sites for hydroxylation is 3. The highest BCUT2D eigenvalue weighted by atomic mass is 16.6. The van der Waals surface area contributed by atoms with Gasteiger partial charge in [0.25, 0.3) is 11.2 Å². The highest BCUT2D eigenvalue weighted by Gasteiger charge is 2.24. The quantitative estimate of drug-likeness (QED) is 0.265. The van der Waals surface area contributed by atoms with Crippen LogP contribution < -0.4 is 10.9 Å². The van der Waals surface area contributed by atoms with Crippen LogP contribution in [-0.4, -0.2) is 9.49 Å². The number of anilines is 2. The molecule has 1 N–H and O–H groups in total. The zero-order chi connectivity index (χ0) is 23.3. The summed E-state index contributed by atoms with van der Waals surface area (Å²) in [5.41, 5.74) is 4.89. The van der Waals surface area contributed by atoms with Crippen LogP contribution in [-0.2, 0) is 7.05 Å². The average molecular weight is 439 g/mol. The molecule has 0 fully saturated rings. The van der Waals surface area contributed by atoms with Crippen LogP contribution in [0.25, 0.3) is 33.0 Å². The fraction of sp³-hybridized carbons (Fsp3) is 0.115. The number of nitro benzene ring substituents is 1. The van der Waals surface area contributed by atoms with E-state index >= 15 is 0 Å².